The number of carbonyl (C=O) groups is 1. The van der Waals surface area contributed by atoms with E-state index in [1.54, 1.807) is 7.05 Å². The topological polar surface area (TPSA) is 78.4 Å². The molecule has 0 radical (unpaired) electrons. The second-order valence-corrected chi connectivity index (χ2v) is 5.29. The van der Waals surface area contributed by atoms with E-state index in [0.717, 1.165) is 5.01 Å². The van der Waals surface area contributed by atoms with Crippen LogP contribution < -0.4 is 10.2 Å². The molecule has 90 valence electrons. The van der Waals surface area contributed by atoms with Gasteiger partial charge < -0.3 is 10.4 Å². The maximum atomic E-state index is 11.4. The fourth-order valence-corrected chi connectivity index (χ4v) is 1.79. The zero-order valence-corrected chi connectivity index (χ0v) is 10.6. The monoisotopic (exact) mass is 244 g/mol. The van der Waals surface area contributed by atoms with Crippen molar-refractivity contribution in [2.75, 3.05) is 18.7 Å². The summed E-state index contributed by atoms with van der Waals surface area (Å²) in [4.78, 5) is 12.7. The van der Waals surface area contributed by atoms with E-state index in [-0.39, 0.29) is 5.41 Å². The van der Waals surface area contributed by atoms with Crippen molar-refractivity contribution < 1.29 is 9.90 Å². The summed E-state index contributed by atoms with van der Waals surface area (Å²) < 4.78 is 0. The summed E-state index contributed by atoms with van der Waals surface area (Å²) in [5, 5.41) is 20.2. The van der Waals surface area contributed by atoms with Gasteiger partial charge in [0.05, 0.1) is 0 Å². The number of nitrogens with one attached hydrogen (secondary N) is 1. The lowest BCUT2D eigenvalue weighted by atomic mass is 9.98. The van der Waals surface area contributed by atoms with E-state index < -0.39 is 12.8 Å². The molecule has 0 aliphatic heterocycles. The predicted octanol–water partition coefficient (Wildman–Crippen LogP) is 0.931. The Morgan fingerprint density at radius 1 is 1.50 bits per heavy atom. The molecule has 0 atom stereocenters. The fourth-order valence-electron chi connectivity index (χ4n) is 0.927. The first-order chi connectivity index (χ1) is 7.36. The Kier molecular flexibility index (Phi) is 3.82. The molecule has 6 nitrogen and oxygen atoms in total. The Hall–Kier alpha value is -1.21. The minimum atomic E-state index is -0.404. The van der Waals surface area contributed by atoms with Crippen LogP contribution >= 0.6 is 11.3 Å². The van der Waals surface area contributed by atoms with Crippen LogP contribution in [0.25, 0.3) is 0 Å². The molecule has 2 amide bonds. The lowest BCUT2D eigenvalue weighted by Crippen LogP contribution is -2.37. The second-order valence-electron chi connectivity index (χ2n) is 4.34. The Morgan fingerprint density at radius 3 is 2.56 bits per heavy atom. The number of urea groups is 1. The average Bonchev–Trinajstić information content (AvgIpc) is 2.65. The van der Waals surface area contributed by atoms with Gasteiger partial charge in [0.15, 0.2) is 0 Å². The standard InChI is InChI=1S/C9H16N4O2S/c1-9(2,3)6-11-12-8(16-6)13(4)7(15)10-5-14/h14H,5H2,1-4H3,(H,10,15). The van der Waals surface area contributed by atoms with E-state index in [1.807, 2.05) is 20.8 Å². The van der Waals surface area contributed by atoms with Gasteiger partial charge in [0.1, 0.15) is 11.7 Å². The van der Waals surface area contributed by atoms with Crippen molar-refractivity contribution in [3.63, 3.8) is 0 Å². The van der Waals surface area contributed by atoms with Gasteiger partial charge in [-0.15, -0.1) is 10.2 Å². The zero-order chi connectivity index (χ0) is 12.3. The lowest BCUT2D eigenvalue weighted by molar-refractivity contribution is 0.223. The van der Waals surface area contributed by atoms with Crippen molar-refractivity contribution in [3.8, 4) is 0 Å². The van der Waals surface area contributed by atoms with Crippen LogP contribution in [0, 0.1) is 0 Å². The Balaban J connectivity index is 2.82. The van der Waals surface area contributed by atoms with Gasteiger partial charge in [0, 0.05) is 12.5 Å². The molecule has 0 unspecified atom stereocenters. The molecule has 7 heteroatoms. The SMILES string of the molecule is CN(C(=O)NCO)c1nnc(C(C)(C)C)s1. The summed E-state index contributed by atoms with van der Waals surface area (Å²) in [6.07, 6.45) is 0. The number of hydrogen-bond donors (Lipinski definition) is 2. The molecular weight excluding hydrogens is 228 g/mol. The van der Waals surface area contributed by atoms with E-state index in [2.05, 4.69) is 15.5 Å². The highest BCUT2D eigenvalue weighted by molar-refractivity contribution is 7.15. The Bertz CT molecular complexity index is 372. The minimum Gasteiger partial charge on any atom is -0.376 e. The second kappa shape index (κ2) is 4.75. The molecule has 1 aromatic heterocycles. The van der Waals surface area contributed by atoms with E-state index >= 15 is 0 Å². The number of carbonyl (C=O) groups excluding carboxylic acids is 1. The first-order valence-corrected chi connectivity index (χ1v) is 5.64. The van der Waals surface area contributed by atoms with Gasteiger partial charge in [-0.1, -0.05) is 32.1 Å². The average molecular weight is 244 g/mol. The summed E-state index contributed by atoms with van der Waals surface area (Å²) in [6, 6.07) is -0.404. The van der Waals surface area contributed by atoms with Crippen LogP contribution in [0.15, 0.2) is 0 Å². The van der Waals surface area contributed by atoms with Crippen LogP contribution in [-0.4, -0.2) is 35.1 Å². The fraction of sp³-hybridized carbons (Fsp3) is 0.667. The first-order valence-electron chi connectivity index (χ1n) is 4.82. The molecule has 1 heterocycles. The maximum Gasteiger partial charge on any atom is 0.325 e. The first kappa shape index (κ1) is 12.9. The molecule has 0 saturated carbocycles. The molecule has 0 bridgehead atoms. The van der Waals surface area contributed by atoms with Crippen molar-refractivity contribution in [1.82, 2.24) is 15.5 Å². The van der Waals surface area contributed by atoms with E-state index in [9.17, 15) is 4.79 Å². The van der Waals surface area contributed by atoms with Gasteiger partial charge in [0.25, 0.3) is 0 Å². The van der Waals surface area contributed by atoms with Gasteiger partial charge in [0.2, 0.25) is 5.13 Å². The highest BCUT2D eigenvalue weighted by atomic mass is 32.1. The maximum absolute atomic E-state index is 11.4. The number of anilines is 1. The van der Waals surface area contributed by atoms with E-state index in [4.69, 9.17) is 5.11 Å². The van der Waals surface area contributed by atoms with Crippen LogP contribution in [0.5, 0.6) is 0 Å². The predicted molar refractivity (Wildman–Crippen MR) is 62.6 cm³/mol. The molecule has 0 aliphatic carbocycles. The van der Waals surface area contributed by atoms with Crippen molar-refractivity contribution in [2.24, 2.45) is 0 Å². The number of aliphatic hydroxyl groups excluding tert-OH is 1. The number of rotatable bonds is 2. The van der Waals surface area contributed by atoms with Crippen molar-refractivity contribution in [1.29, 1.82) is 0 Å². The van der Waals surface area contributed by atoms with Crippen LogP contribution in [0.4, 0.5) is 9.93 Å². The number of amides is 2. The lowest BCUT2D eigenvalue weighted by Gasteiger charge is -2.14. The molecular formula is C9H16N4O2S. The highest BCUT2D eigenvalue weighted by Crippen LogP contribution is 2.29. The molecule has 0 spiro atoms. The molecule has 1 aromatic rings. The Labute approximate surface area is 98.3 Å². The highest BCUT2D eigenvalue weighted by Gasteiger charge is 2.22. The van der Waals surface area contributed by atoms with Crippen molar-refractivity contribution in [3.05, 3.63) is 5.01 Å². The molecule has 0 saturated heterocycles. The van der Waals surface area contributed by atoms with Gasteiger partial charge >= 0.3 is 6.03 Å². The molecule has 0 aromatic carbocycles. The largest absolute Gasteiger partial charge is 0.376 e. The van der Waals surface area contributed by atoms with Crippen molar-refractivity contribution in [2.45, 2.75) is 26.2 Å². The third-order valence-electron chi connectivity index (χ3n) is 1.88. The minimum absolute atomic E-state index is 0.0792. The summed E-state index contributed by atoms with van der Waals surface area (Å²) in [6.45, 7) is 5.70. The van der Waals surface area contributed by atoms with Crippen LogP contribution in [0.2, 0.25) is 0 Å². The molecule has 0 aliphatic rings. The molecule has 1 rings (SSSR count). The normalized spacial score (nSPS) is 11.3. The van der Waals surface area contributed by atoms with E-state index in [1.165, 1.54) is 16.2 Å². The number of nitrogens with zero attached hydrogens (tertiary/aromatic N) is 3. The summed E-state index contributed by atoms with van der Waals surface area (Å²) in [7, 11) is 1.58. The third kappa shape index (κ3) is 2.89. The number of aromatic nitrogens is 2. The van der Waals surface area contributed by atoms with Gasteiger partial charge in [-0.2, -0.15) is 0 Å². The van der Waals surface area contributed by atoms with Gasteiger partial charge in [-0.05, 0) is 0 Å². The smallest absolute Gasteiger partial charge is 0.325 e. The number of aliphatic hydroxyl groups is 1. The quantitative estimate of drug-likeness (QED) is 0.759. The number of hydrogen-bond acceptors (Lipinski definition) is 5. The Morgan fingerprint density at radius 2 is 2.12 bits per heavy atom. The van der Waals surface area contributed by atoms with Crippen LogP contribution in [-0.2, 0) is 5.41 Å². The summed E-state index contributed by atoms with van der Waals surface area (Å²) >= 11 is 1.36. The van der Waals surface area contributed by atoms with Crippen LogP contribution in [0.3, 0.4) is 0 Å². The molecule has 2 N–H and O–H groups in total. The summed E-state index contributed by atoms with van der Waals surface area (Å²) in [5.74, 6) is 0. The van der Waals surface area contributed by atoms with Crippen molar-refractivity contribution >= 4 is 22.5 Å². The van der Waals surface area contributed by atoms with Gasteiger partial charge in [-0.25, -0.2) is 4.79 Å². The zero-order valence-electron chi connectivity index (χ0n) is 9.81. The van der Waals surface area contributed by atoms with E-state index in [0.29, 0.717) is 5.13 Å². The third-order valence-corrected chi connectivity index (χ3v) is 3.30. The summed E-state index contributed by atoms with van der Waals surface area (Å²) in [5.41, 5.74) is -0.0792. The van der Waals surface area contributed by atoms with Gasteiger partial charge in [-0.3, -0.25) is 4.90 Å². The molecule has 0 fully saturated rings. The van der Waals surface area contributed by atoms with Crippen LogP contribution in [0.1, 0.15) is 25.8 Å². The molecule has 16 heavy (non-hydrogen) atoms.